The van der Waals surface area contributed by atoms with E-state index in [0.717, 1.165) is 24.3 Å². The molecule has 2 saturated carbocycles. The molecule has 2 N–H and O–H groups in total. The van der Waals surface area contributed by atoms with Crippen LogP contribution < -0.4 is 10.6 Å². The number of hydrogen-bond donors (Lipinski definition) is 2. The molecule has 3 nitrogen and oxygen atoms in total. The van der Waals surface area contributed by atoms with Gasteiger partial charge in [0.15, 0.2) is 0 Å². The predicted molar refractivity (Wildman–Crippen MR) is 89.5 cm³/mol. The van der Waals surface area contributed by atoms with Gasteiger partial charge in [0.2, 0.25) is 5.91 Å². The molecular formula is C19H28N2O. The van der Waals surface area contributed by atoms with E-state index in [9.17, 15) is 4.79 Å². The molecule has 0 saturated heterocycles. The van der Waals surface area contributed by atoms with Gasteiger partial charge in [-0.1, -0.05) is 57.0 Å². The van der Waals surface area contributed by atoms with Gasteiger partial charge in [-0.05, 0) is 36.7 Å². The summed E-state index contributed by atoms with van der Waals surface area (Å²) in [6.07, 6.45) is 6.00. The molecule has 120 valence electrons. The molecular weight excluding hydrogens is 272 g/mol. The van der Waals surface area contributed by atoms with Gasteiger partial charge in [0.05, 0.1) is 0 Å². The van der Waals surface area contributed by atoms with Crippen molar-refractivity contribution in [2.24, 2.45) is 11.8 Å². The van der Waals surface area contributed by atoms with Crippen LogP contribution in [0.15, 0.2) is 30.3 Å². The minimum atomic E-state index is -0.223. The van der Waals surface area contributed by atoms with Crippen molar-refractivity contribution >= 4 is 5.91 Å². The van der Waals surface area contributed by atoms with Crippen LogP contribution in [0, 0.1) is 11.8 Å². The maximum atomic E-state index is 12.7. The van der Waals surface area contributed by atoms with E-state index in [1.165, 1.54) is 19.3 Å². The quantitative estimate of drug-likeness (QED) is 0.875. The first-order valence-electron chi connectivity index (χ1n) is 8.76. The molecule has 2 aliphatic rings. The Morgan fingerprint density at radius 1 is 1.09 bits per heavy atom. The van der Waals surface area contributed by atoms with Crippen molar-refractivity contribution in [3.63, 3.8) is 0 Å². The zero-order valence-corrected chi connectivity index (χ0v) is 13.7. The van der Waals surface area contributed by atoms with Gasteiger partial charge in [0.1, 0.15) is 6.04 Å². The fourth-order valence-electron chi connectivity index (χ4n) is 3.51. The van der Waals surface area contributed by atoms with Gasteiger partial charge >= 0.3 is 0 Å². The van der Waals surface area contributed by atoms with Crippen molar-refractivity contribution in [2.75, 3.05) is 0 Å². The lowest BCUT2D eigenvalue weighted by Gasteiger charge is -2.37. The number of carbonyl (C=O) groups excluding carboxylic acids is 1. The molecule has 0 heterocycles. The molecule has 4 atom stereocenters. The van der Waals surface area contributed by atoms with Gasteiger partial charge in [-0.3, -0.25) is 10.1 Å². The highest BCUT2D eigenvalue weighted by Crippen LogP contribution is 2.31. The van der Waals surface area contributed by atoms with E-state index < -0.39 is 0 Å². The zero-order valence-electron chi connectivity index (χ0n) is 13.7. The molecule has 0 bridgehead atoms. The van der Waals surface area contributed by atoms with Crippen molar-refractivity contribution < 1.29 is 4.79 Å². The van der Waals surface area contributed by atoms with Crippen LogP contribution in [0.2, 0.25) is 0 Å². The average Bonchev–Trinajstić information content (AvgIpc) is 3.33. The van der Waals surface area contributed by atoms with E-state index in [1.807, 2.05) is 18.2 Å². The van der Waals surface area contributed by atoms with Crippen LogP contribution >= 0.6 is 0 Å². The minimum Gasteiger partial charge on any atom is -0.352 e. The standard InChI is InChI=1S/C19H28N2O/c1-13-7-6-10-17(14(13)2)21-18(15-8-4-3-5-9-15)19(22)20-16-11-12-16/h3-5,8-9,13-14,16-18,21H,6-7,10-12H2,1-2H3,(H,20,22)/t13-,14+,17+,18+/m1/s1. The van der Waals surface area contributed by atoms with Gasteiger partial charge in [-0.25, -0.2) is 0 Å². The summed E-state index contributed by atoms with van der Waals surface area (Å²) in [5.41, 5.74) is 1.08. The normalized spacial score (nSPS) is 29.8. The largest absolute Gasteiger partial charge is 0.352 e. The minimum absolute atomic E-state index is 0.138. The second-order valence-corrected chi connectivity index (χ2v) is 7.17. The Balaban J connectivity index is 1.74. The maximum absolute atomic E-state index is 12.7. The lowest BCUT2D eigenvalue weighted by Crippen LogP contribution is -2.47. The summed E-state index contributed by atoms with van der Waals surface area (Å²) in [6, 6.07) is 10.8. The Hall–Kier alpha value is -1.35. The van der Waals surface area contributed by atoms with Gasteiger partial charge in [-0.2, -0.15) is 0 Å². The third-order valence-corrected chi connectivity index (χ3v) is 5.41. The first-order valence-corrected chi connectivity index (χ1v) is 8.76. The molecule has 0 spiro atoms. The highest BCUT2D eigenvalue weighted by atomic mass is 16.2. The van der Waals surface area contributed by atoms with Crippen LogP contribution in [0.3, 0.4) is 0 Å². The van der Waals surface area contributed by atoms with E-state index in [1.54, 1.807) is 0 Å². The molecule has 22 heavy (non-hydrogen) atoms. The van der Waals surface area contributed by atoms with Gasteiger partial charge in [0, 0.05) is 12.1 Å². The van der Waals surface area contributed by atoms with Gasteiger partial charge in [0.25, 0.3) is 0 Å². The van der Waals surface area contributed by atoms with Crippen molar-refractivity contribution in [1.82, 2.24) is 10.6 Å². The number of amides is 1. The van der Waals surface area contributed by atoms with Gasteiger partial charge in [-0.15, -0.1) is 0 Å². The van der Waals surface area contributed by atoms with Crippen LogP contribution in [-0.4, -0.2) is 18.0 Å². The Morgan fingerprint density at radius 2 is 1.82 bits per heavy atom. The monoisotopic (exact) mass is 300 g/mol. The van der Waals surface area contributed by atoms with Crippen molar-refractivity contribution in [2.45, 2.75) is 64.1 Å². The molecule has 0 aliphatic heterocycles. The van der Waals surface area contributed by atoms with E-state index >= 15 is 0 Å². The molecule has 2 aliphatic carbocycles. The van der Waals surface area contributed by atoms with Crippen molar-refractivity contribution in [3.05, 3.63) is 35.9 Å². The molecule has 0 aromatic heterocycles. The number of hydrogen-bond acceptors (Lipinski definition) is 2. The second-order valence-electron chi connectivity index (χ2n) is 7.17. The summed E-state index contributed by atoms with van der Waals surface area (Å²) in [7, 11) is 0. The Labute approximate surface area is 133 Å². The first-order chi connectivity index (χ1) is 10.6. The smallest absolute Gasteiger partial charge is 0.241 e. The van der Waals surface area contributed by atoms with Crippen molar-refractivity contribution in [1.29, 1.82) is 0 Å². The summed E-state index contributed by atoms with van der Waals surface area (Å²) in [6.45, 7) is 4.66. The first kappa shape index (κ1) is 15.5. The maximum Gasteiger partial charge on any atom is 0.241 e. The van der Waals surface area contributed by atoms with E-state index in [0.29, 0.717) is 18.0 Å². The molecule has 0 radical (unpaired) electrons. The highest BCUT2D eigenvalue weighted by Gasteiger charge is 2.33. The van der Waals surface area contributed by atoms with E-state index in [-0.39, 0.29) is 11.9 Å². The number of carbonyl (C=O) groups is 1. The van der Waals surface area contributed by atoms with Crippen LogP contribution in [0.5, 0.6) is 0 Å². The highest BCUT2D eigenvalue weighted by molar-refractivity contribution is 5.83. The third kappa shape index (κ3) is 3.70. The summed E-state index contributed by atoms with van der Waals surface area (Å²) < 4.78 is 0. The second kappa shape index (κ2) is 6.82. The molecule has 1 aromatic carbocycles. The zero-order chi connectivity index (χ0) is 15.5. The van der Waals surface area contributed by atoms with E-state index in [4.69, 9.17) is 0 Å². The van der Waals surface area contributed by atoms with Crippen LogP contribution in [0.1, 0.15) is 57.6 Å². The van der Waals surface area contributed by atoms with E-state index in [2.05, 4.69) is 36.6 Å². The molecule has 1 amide bonds. The van der Waals surface area contributed by atoms with Crippen LogP contribution in [0.4, 0.5) is 0 Å². The number of nitrogens with one attached hydrogen (secondary N) is 2. The topological polar surface area (TPSA) is 41.1 Å². The summed E-state index contributed by atoms with van der Waals surface area (Å²) in [4.78, 5) is 12.7. The van der Waals surface area contributed by atoms with Crippen LogP contribution in [-0.2, 0) is 4.79 Å². The molecule has 2 fully saturated rings. The molecule has 3 heteroatoms. The lowest BCUT2D eigenvalue weighted by atomic mass is 9.77. The van der Waals surface area contributed by atoms with Crippen molar-refractivity contribution in [3.8, 4) is 0 Å². The summed E-state index contributed by atoms with van der Waals surface area (Å²) in [5, 5.41) is 6.84. The Kier molecular flexibility index (Phi) is 4.82. The van der Waals surface area contributed by atoms with Gasteiger partial charge < -0.3 is 5.32 Å². The molecule has 1 aromatic rings. The molecule has 0 unspecified atom stereocenters. The molecule has 3 rings (SSSR count). The Bertz CT molecular complexity index is 497. The summed E-state index contributed by atoms with van der Waals surface area (Å²) in [5.74, 6) is 1.49. The lowest BCUT2D eigenvalue weighted by molar-refractivity contribution is -0.123. The number of benzene rings is 1. The average molecular weight is 300 g/mol. The third-order valence-electron chi connectivity index (χ3n) is 5.41. The predicted octanol–water partition coefficient (Wildman–Crippen LogP) is 3.42. The fraction of sp³-hybridized carbons (Fsp3) is 0.632. The van der Waals surface area contributed by atoms with Crippen LogP contribution in [0.25, 0.3) is 0 Å². The summed E-state index contributed by atoms with van der Waals surface area (Å²) >= 11 is 0. The SMILES string of the molecule is C[C@H]1[C@H](C)CCC[C@@H]1N[C@H](C(=O)NC1CC1)c1ccccc1. The Morgan fingerprint density at radius 3 is 2.50 bits per heavy atom. The number of rotatable bonds is 5. The fourth-order valence-corrected chi connectivity index (χ4v) is 3.51.